The van der Waals surface area contributed by atoms with Gasteiger partial charge in [-0.3, -0.25) is 0 Å². The van der Waals surface area contributed by atoms with Crippen molar-refractivity contribution in [1.29, 1.82) is 0 Å². The molecule has 0 N–H and O–H groups in total. The summed E-state index contributed by atoms with van der Waals surface area (Å²) in [6.45, 7) is 4.50. The molecule has 0 nitrogen and oxygen atoms in total. The number of aryl methyl sites for hydroxylation is 2. The fourth-order valence-corrected chi connectivity index (χ4v) is 7.22. The number of fused-ring (bicyclic) bond motifs is 9. The van der Waals surface area contributed by atoms with Gasteiger partial charge in [0.15, 0.2) is 0 Å². The van der Waals surface area contributed by atoms with Crippen molar-refractivity contribution in [1.82, 2.24) is 0 Å². The van der Waals surface area contributed by atoms with Gasteiger partial charge in [-0.25, -0.2) is 0 Å². The van der Waals surface area contributed by atoms with Gasteiger partial charge in [-0.2, -0.15) is 0 Å². The van der Waals surface area contributed by atoms with Crippen LogP contribution in [-0.2, 0) is 0 Å². The number of rotatable bonds is 2. The summed E-state index contributed by atoms with van der Waals surface area (Å²) >= 11 is 0. The Labute approximate surface area is 234 Å². The van der Waals surface area contributed by atoms with Gasteiger partial charge < -0.3 is 0 Å². The van der Waals surface area contributed by atoms with Crippen LogP contribution in [-0.4, -0.2) is 0 Å². The molecule has 7 aromatic carbocycles. The molecule has 0 heteroatoms. The smallest absolute Gasteiger partial charge is 0.000740 e. The number of benzene rings is 7. The third-order valence-electron chi connectivity index (χ3n) is 9.25. The Hall–Kier alpha value is -4.94. The first-order valence-electron chi connectivity index (χ1n) is 14.1. The Balaban J connectivity index is 1.41. The summed E-state index contributed by atoms with van der Waals surface area (Å²) in [6, 6.07) is 45.2. The fraction of sp³-hybridized carbons (Fsp3) is 0.0500. The van der Waals surface area contributed by atoms with Crippen molar-refractivity contribution in [2.45, 2.75) is 13.8 Å². The Morgan fingerprint density at radius 2 is 0.775 bits per heavy atom. The number of hydrogen-bond acceptors (Lipinski definition) is 0. The van der Waals surface area contributed by atoms with E-state index in [9.17, 15) is 0 Å². The second-order valence-electron chi connectivity index (χ2n) is 11.4. The van der Waals surface area contributed by atoms with E-state index in [0.29, 0.717) is 0 Å². The molecule has 9 rings (SSSR count). The fourth-order valence-electron chi connectivity index (χ4n) is 7.22. The first-order chi connectivity index (χ1) is 19.7. The minimum absolute atomic E-state index is 1.26. The molecule has 0 saturated carbocycles. The third-order valence-corrected chi connectivity index (χ3v) is 9.25. The second kappa shape index (κ2) is 7.81. The minimum atomic E-state index is 1.26. The molecular weight excluding hydrogens is 480 g/mol. The molecular formula is C40H26. The Morgan fingerprint density at radius 1 is 0.325 bits per heavy atom. The lowest BCUT2D eigenvalue weighted by molar-refractivity contribution is 1.37. The van der Waals surface area contributed by atoms with Gasteiger partial charge in [0.25, 0.3) is 0 Å². The summed E-state index contributed by atoms with van der Waals surface area (Å²) in [6.07, 6.45) is 0. The topological polar surface area (TPSA) is 0 Å². The molecule has 0 bridgehead atoms. The molecule has 0 atom stereocenters. The lowest BCUT2D eigenvalue weighted by Gasteiger charge is -2.15. The molecule has 0 saturated heterocycles. The van der Waals surface area contributed by atoms with Crippen LogP contribution in [0.1, 0.15) is 11.1 Å². The van der Waals surface area contributed by atoms with Crippen LogP contribution in [0.3, 0.4) is 0 Å². The summed E-state index contributed by atoms with van der Waals surface area (Å²) in [7, 11) is 0. The van der Waals surface area contributed by atoms with Gasteiger partial charge in [0.1, 0.15) is 0 Å². The summed E-state index contributed by atoms with van der Waals surface area (Å²) < 4.78 is 0. The van der Waals surface area contributed by atoms with E-state index in [1.54, 1.807) is 0 Å². The third kappa shape index (κ3) is 2.81. The second-order valence-corrected chi connectivity index (χ2v) is 11.4. The number of hydrogen-bond donors (Lipinski definition) is 0. The quantitative estimate of drug-likeness (QED) is 0.205. The highest BCUT2D eigenvalue weighted by molar-refractivity contribution is 6.35. The molecule has 0 spiro atoms. The normalized spacial score (nSPS) is 12.2. The van der Waals surface area contributed by atoms with Crippen molar-refractivity contribution in [2.24, 2.45) is 0 Å². The predicted octanol–water partition coefficient (Wildman–Crippen LogP) is 11.2. The van der Waals surface area contributed by atoms with E-state index in [-0.39, 0.29) is 0 Å². The molecule has 0 radical (unpaired) electrons. The van der Waals surface area contributed by atoms with Crippen molar-refractivity contribution in [2.75, 3.05) is 0 Å². The maximum Gasteiger partial charge on any atom is -0.000740 e. The zero-order valence-corrected chi connectivity index (χ0v) is 22.5. The highest BCUT2D eigenvalue weighted by Gasteiger charge is 2.32. The maximum atomic E-state index is 2.44. The molecule has 0 fully saturated rings. The van der Waals surface area contributed by atoms with Crippen molar-refractivity contribution in [3.05, 3.63) is 132 Å². The Kier molecular flexibility index (Phi) is 4.28. The monoisotopic (exact) mass is 506 g/mol. The molecule has 0 amide bonds. The average Bonchev–Trinajstić information content (AvgIpc) is 3.51. The van der Waals surface area contributed by atoms with E-state index in [1.807, 2.05) is 0 Å². The van der Waals surface area contributed by atoms with Gasteiger partial charge in [0, 0.05) is 0 Å². The van der Waals surface area contributed by atoms with E-state index in [4.69, 9.17) is 0 Å². The van der Waals surface area contributed by atoms with Crippen LogP contribution in [0.15, 0.2) is 121 Å². The van der Waals surface area contributed by atoms with Crippen LogP contribution in [0, 0.1) is 13.8 Å². The van der Waals surface area contributed by atoms with E-state index < -0.39 is 0 Å². The Bertz CT molecular complexity index is 2200. The van der Waals surface area contributed by atoms with Crippen LogP contribution in [0.25, 0.3) is 88.3 Å². The van der Waals surface area contributed by atoms with Crippen molar-refractivity contribution in [3.63, 3.8) is 0 Å². The van der Waals surface area contributed by atoms with Crippen LogP contribution in [0.5, 0.6) is 0 Å². The highest BCUT2D eigenvalue weighted by atomic mass is 14.3. The molecule has 2 aliphatic carbocycles. The van der Waals surface area contributed by atoms with Gasteiger partial charge >= 0.3 is 0 Å². The van der Waals surface area contributed by atoms with Crippen LogP contribution in [0.2, 0.25) is 0 Å². The minimum Gasteiger partial charge on any atom is -0.0622 e. The molecule has 0 aliphatic heterocycles. The highest BCUT2D eigenvalue weighted by Crippen LogP contribution is 2.60. The molecule has 40 heavy (non-hydrogen) atoms. The zero-order valence-electron chi connectivity index (χ0n) is 22.5. The summed E-state index contributed by atoms with van der Waals surface area (Å²) in [5.74, 6) is 0. The molecule has 0 aromatic heterocycles. The first kappa shape index (κ1) is 21.9. The summed E-state index contributed by atoms with van der Waals surface area (Å²) in [5, 5.41) is 5.57. The van der Waals surface area contributed by atoms with Gasteiger partial charge in [0.2, 0.25) is 0 Å². The van der Waals surface area contributed by atoms with E-state index in [0.717, 1.165) is 0 Å². The standard InChI is InChI=1S/C40H26/c1-23-19-34-35(20-24(23)2)38-36-22-28(26-11-7-4-8-12-26)13-15-29(36)30-17-18-32-33-21-27(25-9-5-3-6-10-25)14-16-31(33)37(34)40(32)39(30)38/h3-22H,1-2H3. The lowest BCUT2D eigenvalue weighted by atomic mass is 9.88. The zero-order chi connectivity index (χ0) is 26.5. The van der Waals surface area contributed by atoms with Crippen LogP contribution >= 0.6 is 0 Å². The first-order valence-corrected chi connectivity index (χ1v) is 14.1. The molecule has 2 aliphatic rings. The molecule has 0 unspecified atom stereocenters. The van der Waals surface area contributed by atoms with Crippen molar-refractivity contribution < 1.29 is 0 Å². The van der Waals surface area contributed by atoms with E-state index in [1.165, 1.54) is 99.4 Å². The largest absolute Gasteiger partial charge is 0.0622 e. The van der Waals surface area contributed by atoms with Crippen LogP contribution in [0.4, 0.5) is 0 Å². The van der Waals surface area contributed by atoms with Gasteiger partial charge in [-0.05, 0) is 125 Å². The average molecular weight is 507 g/mol. The van der Waals surface area contributed by atoms with Crippen LogP contribution < -0.4 is 0 Å². The van der Waals surface area contributed by atoms with E-state index >= 15 is 0 Å². The maximum absolute atomic E-state index is 2.44. The Morgan fingerprint density at radius 3 is 1.35 bits per heavy atom. The van der Waals surface area contributed by atoms with Crippen molar-refractivity contribution in [3.8, 4) is 66.8 Å². The molecule has 186 valence electrons. The lowest BCUT2D eigenvalue weighted by Crippen LogP contribution is -1.89. The van der Waals surface area contributed by atoms with Gasteiger partial charge in [0.05, 0.1) is 0 Å². The van der Waals surface area contributed by atoms with E-state index in [2.05, 4.69) is 135 Å². The SMILES string of the molecule is Cc1cc2c3c4c(ccc5c4c(c2cc1C)-c1cc(-c2ccccc2)ccc1-5)-c1cc(-c2ccccc2)ccc1-3. The predicted molar refractivity (Wildman–Crippen MR) is 171 cm³/mol. The molecule has 0 heterocycles. The van der Waals surface area contributed by atoms with Gasteiger partial charge in [-0.15, -0.1) is 0 Å². The van der Waals surface area contributed by atoms with Crippen molar-refractivity contribution >= 4 is 21.5 Å². The summed E-state index contributed by atoms with van der Waals surface area (Å²) in [5.41, 5.74) is 18.7. The molecule has 7 aromatic rings. The summed E-state index contributed by atoms with van der Waals surface area (Å²) in [4.78, 5) is 0. The van der Waals surface area contributed by atoms with Gasteiger partial charge in [-0.1, -0.05) is 109 Å².